The number of hydrogen-bond acceptors (Lipinski definition) is 6. The van der Waals surface area contributed by atoms with Crippen LogP contribution in [0.4, 0.5) is 21.8 Å². The summed E-state index contributed by atoms with van der Waals surface area (Å²) in [5, 5.41) is 22.0. The number of carbonyl (C=O) groups is 1. The highest BCUT2D eigenvalue weighted by molar-refractivity contribution is 6.31. The van der Waals surface area contributed by atoms with Crippen LogP contribution in [0.25, 0.3) is 17.2 Å². The molecule has 0 amide bonds. The molecule has 4 rings (SSSR count). The van der Waals surface area contributed by atoms with E-state index in [0.29, 0.717) is 24.0 Å². The lowest BCUT2D eigenvalue weighted by Gasteiger charge is -2.14. The van der Waals surface area contributed by atoms with E-state index in [-0.39, 0.29) is 5.02 Å². The van der Waals surface area contributed by atoms with Crippen molar-refractivity contribution in [3.05, 3.63) is 89.1 Å². The minimum atomic E-state index is -1.02. The van der Waals surface area contributed by atoms with Crippen molar-refractivity contribution in [2.45, 2.75) is 6.42 Å². The highest BCUT2D eigenvalue weighted by atomic mass is 35.5. The van der Waals surface area contributed by atoms with Crippen LogP contribution in [0.3, 0.4) is 0 Å². The van der Waals surface area contributed by atoms with Gasteiger partial charge in [-0.3, -0.25) is 5.10 Å². The summed E-state index contributed by atoms with van der Waals surface area (Å²) in [6.07, 6.45) is 8.57. The number of nitrogens with zero attached hydrogens (tertiary/aromatic N) is 3. The second-order valence-corrected chi connectivity index (χ2v) is 7.70. The van der Waals surface area contributed by atoms with Crippen LogP contribution in [0.5, 0.6) is 0 Å². The maximum atomic E-state index is 13.5. The predicted molar refractivity (Wildman–Crippen MR) is 130 cm³/mol. The van der Waals surface area contributed by atoms with Crippen LogP contribution in [0.2, 0.25) is 5.02 Å². The monoisotopic (exact) mass is 478 g/mol. The Morgan fingerprint density at radius 1 is 1.21 bits per heavy atom. The van der Waals surface area contributed by atoms with Crippen LogP contribution in [0.1, 0.15) is 11.1 Å². The molecule has 0 saturated heterocycles. The highest BCUT2D eigenvalue weighted by Gasteiger charge is 2.11. The molecule has 0 spiro atoms. The first-order valence-corrected chi connectivity index (χ1v) is 10.7. The van der Waals surface area contributed by atoms with E-state index in [1.165, 1.54) is 18.2 Å². The topological polar surface area (TPSA) is 116 Å². The van der Waals surface area contributed by atoms with Crippen LogP contribution < -0.4 is 10.6 Å². The molecule has 4 N–H and O–H groups in total. The Labute approximate surface area is 199 Å². The largest absolute Gasteiger partial charge is 0.478 e. The van der Waals surface area contributed by atoms with Crippen molar-refractivity contribution in [2.75, 3.05) is 17.2 Å². The number of carboxylic acid groups (broad SMARTS) is 1. The first kappa shape index (κ1) is 22.9. The van der Waals surface area contributed by atoms with E-state index in [1.807, 2.05) is 30.5 Å². The molecule has 0 radical (unpaired) electrons. The van der Waals surface area contributed by atoms with E-state index in [0.717, 1.165) is 34.8 Å². The first-order valence-electron chi connectivity index (χ1n) is 10.3. The highest BCUT2D eigenvalue weighted by Crippen LogP contribution is 2.29. The summed E-state index contributed by atoms with van der Waals surface area (Å²) in [5.74, 6) is -0.652. The number of rotatable bonds is 9. The van der Waals surface area contributed by atoms with Gasteiger partial charge in [0.1, 0.15) is 11.6 Å². The number of aromatic nitrogens is 4. The molecular weight excluding hydrogens is 459 g/mol. The Kier molecular flexibility index (Phi) is 7.14. The minimum absolute atomic E-state index is 0.00805. The van der Waals surface area contributed by atoms with Gasteiger partial charge >= 0.3 is 5.97 Å². The molecule has 2 aromatic heterocycles. The van der Waals surface area contributed by atoms with Crippen LogP contribution in [0.15, 0.2) is 67.1 Å². The zero-order valence-electron chi connectivity index (χ0n) is 17.8. The average Bonchev–Trinajstić information content (AvgIpc) is 3.34. The summed E-state index contributed by atoms with van der Waals surface area (Å²) < 4.78 is 13.5. The molecule has 0 atom stereocenters. The van der Waals surface area contributed by atoms with Gasteiger partial charge in [-0.1, -0.05) is 29.8 Å². The number of aliphatic carboxylic acids is 1. The van der Waals surface area contributed by atoms with E-state index >= 15 is 0 Å². The maximum Gasteiger partial charge on any atom is 0.328 e. The molecule has 4 aromatic rings. The number of aromatic amines is 1. The number of anilines is 3. The molecule has 34 heavy (non-hydrogen) atoms. The summed E-state index contributed by atoms with van der Waals surface area (Å²) in [4.78, 5) is 19.9. The van der Waals surface area contributed by atoms with Crippen molar-refractivity contribution < 1.29 is 14.3 Å². The van der Waals surface area contributed by atoms with Crippen LogP contribution in [-0.2, 0) is 11.2 Å². The fourth-order valence-electron chi connectivity index (χ4n) is 3.21. The third-order valence-electron chi connectivity index (χ3n) is 4.84. The number of nitrogens with one attached hydrogen (secondary N) is 3. The van der Waals surface area contributed by atoms with Gasteiger partial charge < -0.3 is 15.7 Å². The van der Waals surface area contributed by atoms with Gasteiger partial charge in [-0.25, -0.2) is 14.2 Å². The summed E-state index contributed by atoms with van der Waals surface area (Å²) in [7, 11) is 0. The SMILES string of the molecule is O=C(O)/C=C/c1cccc(-c2cnc(Nc3ccc(F)c(Cl)c3)nc2NCCc2cn[nH]c2)c1. The van der Waals surface area contributed by atoms with E-state index < -0.39 is 11.8 Å². The van der Waals surface area contributed by atoms with Crippen molar-refractivity contribution >= 4 is 41.1 Å². The lowest BCUT2D eigenvalue weighted by molar-refractivity contribution is -0.131. The van der Waals surface area contributed by atoms with Gasteiger partial charge in [0.15, 0.2) is 0 Å². The van der Waals surface area contributed by atoms with Gasteiger partial charge in [-0.15, -0.1) is 0 Å². The fourth-order valence-corrected chi connectivity index (χ4v) is 3.39. The number of H-pyrrole nitrogens is 1. The standard InChI is InChI=1S/C24H20ClFN6O2/c25-20-11-18(5-6-21(20)26)31-24-28-14-19(17-3-1-2-15(10-17)4-7-22(33)34)23(32-24)27-9-8-16-12-29-30-13-16/h1-7,10-14H,8-9H2,(H,29,30)(H,33,34)(H2,27,28,31,32)/b7-4+. The number of hydrogen-bond donors (Lipinski definition) is 4. The van der Waals surface area contributed by atoms with Gasteiger partial charge in [0.2, 0.25) is 5.95 Å². The van der Waals surface area contributed by atoms with Crippen LogP contribution >= 0.6 is 11.6 Å². The van der Waals surface area contributed by atoms with E-state index in [1.54, 1.807) is 18.5 Å². The van der Waals surface area contributed by atoms with E-state index in [2.05, 4.69) is 30.8 Å². The van der Waals surface area contributed by atoms with Crippen molar-refractivity contribution in [2.24, 2.45) is 0 Å². The Morgan fingerprint density at radius 3 is 2.85 bits per heavy atom. The maximum absolute atomic E-state index is 13.5. The second kappa shape index (κ2) is 10.6. The molecule has 2 heterocycles. The third kappa shape index (κ3) is 5.96. The molecule has 10 heteroatoms. The fraction of sp³-hybridized carbons (Fsp3) is 0.0833. The lowest BCUT2D eigenvalue weighted by Crippen LogP contribution is -2.09. The van der Waals surface area contributed by atoms with Gasteiger partial charge in [0, 0.05) is 36.3 Å². The van der Waals surface area contributed by atoms with E-state index in [4.69, 9.17) is 16.7 Å². The Balaban J connectivity index is 1.63. The summed E-state index contributed by atoms with van der Waals surface area (Å²) in [6, 6.07) is 11.7. The Hall–Kier alpha value is -4.24. The van der Waals surface area contributed by atoms with Crippen molar-refractivity contribution in [1.82, 2.24) is 20.2 Å². The average molecular weight is 479 g/mol. The zero-order chi connectivity index (χ0) is 23.9. The molecule has 0 aliphatic rings. The van der Waals surface area contributed by atoms with Crippen molar-refractivity contribution in [1.29, 1.82) is 0 Å². The van der Waals surface area contributed by atoms with Crippen molar-refractivity contribution in [3.63, 3.8) is 0 Å². The van der Waals surface area contributed by atoms with Gasteiger partial charge in [-0.05, 0) is 53.5 Å². The number of benzene rings is 2. The summed E-state index contributed by atoms with van der Waals surface area (Å²) in [6.45, 7) is 0.587. The Bertz CT molecular complexity index is 1330. The first-order chi connectivity index (χ1) is 16.5. The second-order valence-electron chi connectivity index (χ2n) is 7.29. The smallest absolute Gasteiger partial charge is 0.328 e. The zero-order valence-corrected chi connectivity index (χ0v) is 18.6. The van der Waals surface area contributed by atoms with E-state index in [9.17, 15) is 9.18 Å². The molecular formula is C24H20ClFN6O2. The third-order valence-corrected chi connectivity index (χ3v) is 5.13. The number of carboxylic acids is 1. The summed E-state index contributed by atoms with van der Waals surface area (Å²) >= 11 is 5.88. The molecule has 0 aliphatic heterocycles. The molecule has 0 unspecified atom stereocenters. The lowest BCUT2D eigenvalue weighted by atomic mass is 10.0. The molecule has 2 aromatic carbocycles. The van der Waals surface area contributed by atoms with Gasteiger partial charge in [-0.2, -0.15) is 10.1 Å². The predicted octanol–water partition coefficient (Wildman–Crippen LogP) is 5.16. The summed E-state index contributed by atoms with van der Waals surface area (Å²) in [5.41, 5.74) is 3.87. The quantitative estimate of drug-likeness (QED) is 0.246. The normalized spacial score (nSPS) is 11.0. The van der Waals surface area contributed by atoms with Gasteiger partial charge in [0.05, 0.1) is 11.2 Å². The number of halogens is 2. The molecule has 0 aliphatic carbocycles. The molecule has 0 bridgehead atoms. The van der Waals surface area contributed by atoms with Crippen LogP contribution in [-0.4, -0.2) is 37.8 Å². The molecule has 0 fully saturated rings. The van der Waals surface area contributed by atoms with Gasteiger partial charge in [0.25, 0.3) is 0 Å². The molecule has 8 nitrogen and oxygen atoms in total. The van der Waals surface area contributed by atoms with Crippen molar-refractivity contribution in [3.8, 4) is 11.1 Å². The minimum Gasteiger partial charge on any atom is -0.478 e. The Morgan fingerprint density at radius 2 is 2.09 bits per heavy atom. The molecule has 0 saturated carbocycles. The van der Waals surface area contributed by atoms with Crippen LogP contribution in [0, 0.1) is 5.82 Å². The molecule has 172 valence electrons.